The van der Waals surface area contributed by atoms with E-state index in [-0.39, 0.29) is 17.2 Å². The molecule has 1 fully saturated rings. The highest BCUT2D eigenvalue weighted by Crippen LogP contribution is 2.30. The fourth-order valence-corrected chi connectivity index (χ4v) is 3.12. The zero-order chi connectivity index (χ0) is 15.2. The highest BCUT2D eigenvalue weighted by atomic mass is 16.6. The van der Waals surface area contributed by atoms with Gasteiger partial charge in [0.25, 0.3) is 5.69 Å². The van der Waals surface area contributed by atoms with Crippen molar-refractivity contribution in [3.63, 3.8) is 0 Å². The number of anilines is 1. The van der Waals surface area contributed by atoms with E-state index in [9.17, 15) is 15.2 Å². The van der Waals surface area contributed by atoms with Gasteiger partial charge in [0.1, 0.15) is 5.69 Å². The summed E-state index contributed by atoms with van der Waals surface area (Å²) in [5, 5.41) is 23.3. The second-order valence-electron chi connectivity index (χ2n) is 5.45. The number of piperidine rings is 1. The molecule has 1 aromatic rings. The Kier molecular flexibility index (Phi) is 5.52. The molecule has 0 bridgehead atoms. The fourth-order valence-electron chi connectivity index (χ4n) is 3.12. The van der Waals surface area contributed by atoms with E-state index in [0.29, 0.717) is 18.3 Å². The van der Waals surface area contributed by atoms with E-state index in [4.69, 9.17) is 0 Å². The summed E-state index contributed by atoms with van der Waals surface area (Å²) in [5.41, 5.74) is 1.65. The maximum Gasteiger partial charge on any atom is 0.292 e. The number of aliphatic hydroxyl groups is 1. The zero-order valence-corrected chi connectivity index (χ0v) is 12.4. The largest absolute Gasteiger partial charge is 0.396 e. The van der Waals surface area contributed by atoms with Crippen molar-refractivity contribution in [2.45, 2.75) is 38.3 Å². The summed E-state index contributed by atoms with van der Waals surface area (Å²) in [4.78, 5) is 13.1. The molecule has 1 aliphatic heterocycles. The standard InChI is InChI=1S/C15H23N3O3/c1-16-15-12(5-4-7-14(15)18(20)21)11-17-9-3-2-6-13(17)8-10-19/h4-5,7,13,16,19H,2-3,6,8-11H2,1H3. The summed E-state index contributed by atoms with van der Waals surface area (Å²) in [6, 6.07) is 5.56. The number of rotatable bonds is 6. The van der Waals surface area contributed by atoms with Crippen LogP contribution in [0.25, 0.3) is 0 Å². The molecule has 2 N–H and O–H groups in total. The maximum atomic E-state index is 11.1. The van der Waals surface area contributed by atoms with Gasteiger partial charge in [0.2, 0.25) is 0 Å². The van der Waals surface area contributed by atoms with Crippen LogP contribution in [0.1, 0.15) is 31.2 Å². The first kappa shape index (κ1) is 15.7. The lowest BCUT2D eigenvalue weighted by Gasteiger charge is -2.35. The van der Waals surface area contributed by atoms with Crippen molar-refractivity contribution >= 4 is 11.4 Å². The van der Waals surface area contributed by atoms with Crippen LogP contribution in [0.5, 0.6) is 0 Å². The number of nitrogens with one attached hydrogen (secondary N) is 1. The SMILES string of the molecule is CNc1c(CN2CCCCC2CCO)cccc1[N+](=O)[O-]. The molecule has 21 heavy (non-hydrogen) atoms. The molecule has 0 aromatic heterocycles. The van der Waals surface area contributed by atoms with Gasteiger partial charge >= 0.3 is 0 Å². The van der Waals surface area contributed by atoms with E-state index in [1.807, 2.05) is 6.07 Å². The van der Waals surface area contributed by atoms with E-state index in [0.717, 1.165) is 31.4 Å². The number of nitro benzene ring substituents is 1. The van der Waals surface area contributed by atoms with Crippen LogP contribution < -0.4 is 5.32 Å². The third-order valence-corrected chi connectivity index (χ3v) is 4.16. The van der Waals surface area contributed by atoms with Gasteiger partial charge in [-0.1, -0.05) is 18.6 Å². The van der Waals surface area contributed by atoms with E-state index in [2.05, 4.69) is 10.2 Å². The average Bonchev–Trinajstić information content (AvgIpc) is 2.49. The minimum atomic E-state index is -0.350. The molecule has 1 aliphatic rings. The second-order valence-corrected chi connectivity index (χ2v) is 5.45. The number of hydrogen-bond donors (Lipinski definition) is 2. The summed E-state index contributed by atoms with van der Waals surface area (Å²) in [6.45, 7) is 1.86. The van der Waals surface area contributed by atoms with Gasteiger partial charge in [0.05, 0.1) is 4.92 Å². The normalized spacial score (nSPS) is 19.4. The highest BCUT2D eigenvalue weighted by Gasteiger charge is 2.24. The molecule has 2 rings (SSSR count). The number of likely N-dealkylation sites (tertiary alicyclic amines) is 1. The van der Waals surface area contributed by atoms with Crippen LogP contribution in [0.2, 0.25) is 0 Å². The number of para-hydroxylation sites is 1. The van der Waals surface area contributed by atoms with E-state index in [1.165, 1.54) is 12.5 Å². The molecule has 1 atom stereocenters. The molecule has 6 nitrogen and oxygen atoms in total. The Labute approximate surface area is 124 Å². The van der Waals surface area contributed by atoms with Crippen LogP contribution in [0, 0.1) is 10.1 Å². The summed E-state index contributed by atoms with van der Waals surface area (Å²) < 4.78 is 0. The minimum absolute atomic E-state index is 0.116. The predicted molar refractivity (Wildman–Crippen MR) is 82.4 cm³/mol. The molecular weight excluding hydrogens is 270 g/mol. The summed E-state index contributed by atoms with van der Waals surface area (Å²) in [7, 11) is 1.72. The Hall–Kier alpha value is -1.66. The third kappa shape index (κ3) is 3.71. The van der Waals surface area contributed by atoms with Crippen LogP contribution in [-0.2, 0) is 6.54 Å². The van der Waals surface area contributed by atoms with Gasteiger partial charge in [0, 0.05) is 32.3 Å². The topological polar surface area (TPSA) is 78.6 Å². The first-order chi connectivity index (χ1) is 10.2. The molecule has 1 saturated heterocycles. The van der Waals surface area contributed by atoms with Crippen molar-refractivity contribution in [3.05, 3.63) is 33.9 Å². The lowest BCUT2D eigenvalue weighted by Crippen LogP contribution is -2.39. The molecule has 1 aromatic carbocycles. The zero-order valence-electron chi connectivity index (χ0n) is 12.4. The van der Waals surface area contributed by atoms with Gasteiger partial charge in [-0.15, -0.1) is 0 Å². The molecule has 6 heteroatoms. The van der Waals surface area contributed by atoms with Crippen molar-refractivity contribution < 1.29 is 10.0 Å². The van der Waals surface area contributed by atoms with Gasteiger partial charge in [-0.2, -0.15) is 0 Å². The molecule has 116 valence electrons. The molecule has 0 saturated carbocycles. The Balaban J connectivity index is 2.21. The number of hydrogen-bond acceptors (Lipinski definition) is 5. The summed E-state index contributed by atoms with van der Waals surface area (Å²) in [6.07, 6.45) is 4.19. The van der Waals surface area contributed by atoms with Crippen LogP contribution >= 0.6 is 0 Å². The summed E-state index contributed by atoms with van der Waals surface area (Å²) in [5.74, 6) is 0. The van der Waals surface area contributed by atoms with Crippen molar-refractivity contribution in [2.24, 2.45) is 0 Å². The highest BCUT2D eigenvalue weighted by molar-refractivity contribution is 5.66. The number of benzene rings is 1. The van der Waals surface area contributed by atoms with Gasteiger partial charge in [-0.3, -0.25) is 15.0 Å². The van der Waals surface area contributed by atoms with Gasteiger partial charge < -0.3 is 10.4 Å². The first-order valence-corrected chi connectivity index (χ1v) is 7.46. The Morgan fingerprint density at radius 2 is 2.29 bits per heavy atom. The number of nitrogens with zero attached hydrogens (tertiary/aromatic N) is 2. The van der Waals surface area contributed by atoms with E-state index < -0.39 is 0 Å². The smallest absolute Gasteiger partial charge is 0.292 e. The van der Waals surface area contributed by atoms with Gasteiger partial charge in [-0.05, 0) is 31.4 Å². The number of nitro groups is 1. The van der Waals surface area contributed by atoms with Crippen LogP contribution in [0.15, 0.2) is 18.2 Å². The first-order valence-electron chi connectivity index (χ1n) is 7.46. The Morgan fingerprint density at radius 1 is 1.48 bits per heavy atom. The van der Waals surface area contributed by atoms with Crippen molar-refractivity contribution in [1.29, 1.82) is 0 Å². The molecule has 1 unspecified atom stereocenters. The molecule has 0 radical (unpaired) electrons. The molecule has 0 amide bonds. The monoisotopic (exact) mass is 293 g/mol. The van der Waals surface area contributed by atoms with Crippen molar-refractivity contribution in [2.75, 3.05) is 25.5 Å². The maximum absolute atomic E-state index is 11.1. The molecule has 1 heterocycles. The average molecular weight is 293 g/mol. The van der Waals surface area contributed by atoms with Crippen LogP contribution in [0.4, 0.5) is 11.4 Å². The second kappa shape index (κ2) is 7.38. The van der Waals surface area contributed by atoms with Crippen LogP contribution in [-0.4, -0.2) is 41.2 Å². The van der Waals surface area contributed by atoms with Crippen molar-refractivity contribution in [1.82, 2.24) is 4.90 Å². The van der Waals surface area contributed by atoms with Crippen LogP contribution in [0.3, 0.4) is 0 Å². The van der Waals surface area contributed by atoms with E-state index >= 15 is 0 Å². The molecule has 0 spiro atoms. The lowest BCUT2D eigenvalue weighted by atomic mass is 9.98. The fraction of sp³-hybridized carbons (Fsp3) is 0.600. The Bertz CT molecular complexity index is 491. The van der Waals surface area contributed by atoms with E-state index in [1.54, 1.807) is 13.1 Å². The van der Waals surface area contributed by atoms with Gasteiger partial charge in [-0.25, -0.2) is 0 Å². The minimum Gasteiger partial charge on any atom is -0.396 e. The third-order valence-electron chi connectivity index (χ3n) is 4.16. The van der Waals surface area contributed by atoms with Crippen molar-refractivity contribution in [3.8, 4) is 0 Å². The lowest BCUT2D eigenvalue weighted by molar-refractivity contribution is -0.384. The molecule has 0 aliphatic carbocycles. The summed E-state index contributed by atoms with van der Waals surface area (Å²) >= 11 is 0. The number of aliphatic hydroxyl groups excluding tert-OH is 1. The Morgan fingerprint density at radius 3 is 2.95 bits per heavy atom. The quantitative estimate of drug-likeness (QED) is 0.622. The molecular formula is C15H23N3O3. The predicted octanol–water partition coefficient (Wildman–Crippen LogP) is 2.37. The van der Waals surface area contributed by atoms with Gasteiger partial charge in [0.15, 0.2) is 0 Å².